The van der Waals surface area contributed by atoms with Gasteiger partial charge in [-0.1, -0.05) is 12.8 Å². The summed E-state index contributed by atoms with van der Waals surface area (Å²) in [5.74, 6) is 0. The maximum absolute atomic E-state index is 5.83. The summed E-state index contributed by atoms with van der Waals surface area (Å²) in [6, 6.07) is 0.667. The average molecular weight is 155 g/mol. The number of fused-ring (bicyclic) bond motifs is 1. The van der Waals surface area contributed by atoms with Crippen LogP contribution in [0.1, 0.15) is 32.6 Å². The Morgan fingerprint density at radius 1 is 1.27 bits per heavy atom. The number of rotatable bonds is 0. The van der Waals surface area contributed by atoms with Crippen LogP contribution in [-0.4, -0.2) is 24.8 Å². The summed E-state index contributed by atoms with van der Waals surface area (Å²) in [4.78, 5) is 0. The molecule has 2 heteroatoms. The van der Waals surface area contributed by atoms with E-state index in [9.17, 15) is 0 Å². The zero-order valence-electron chi connectivity index (χ0n) is 7.18. The van der Waals surface area contributed by atoms with Crippen molar-refractivity contribution in [3.05, 3.63) is 0 Å². The summed E-state index contributed by atoms with van der Waals surface area (Å²) in [5.41, 5.74) is 0. The molecule has 11 heavy (non-hydrogen) atoms. The molecule has 1 heterocycles. The molecule has 0 bridgehead atoms. The van der Waals surface area contributed by atoms with Crippen molar-refractivity contribution in [2.45, 2.75) is 50.9 Å². The molecule has 64 valence electrons. The standard InChI is InChI=1S/C9H17NO/c1-7-6-10-8-4-2-3-5-9(8)11-7/h7-10H,2-6H2,1H3/t7-,8-,9-/m0/s1. The lowest BCUT2D eigenvalue weighted by Gasteiger charge is -2.39. The highest BCUT2D eigenvalue weighted by atomic mass is 16.5. The lowest BCUT2D eigenvalue weighted by Crippen LogP contribution is -2.52. The fourth-order valence-electron chi connectivity index (χ4n) is 2.16. The lowest BCUT2D eigenvalue weighted by atomic mass is 9.91. The number of hydrogen-bond acceptors (Lipinski definition) is 2. The van der Waals surface area contributed by atoms with Crippen molar-refractivity contribution in [2.24, 2.45) is 0 Å². The normalized spacial score (nSPS) is 45.0. The van der Waals surface area contributed by atoms with Crippen molar-refractivity contribution >= 4 is 0 Å². The third-order valence-electron chi connectivity index (χ3n) is 2.78. The molecule has 0 aromatic heterocycles. The van der Waals surface area contributed by atoms with E-state index in [-0.39, 0.29) is 0 Å². The molecule has 0 aromatic carbocycles. The van der Waals surface area contributed by atoms with Crippen LogP contribution >= 0.6 is 0 Å². The van der Waals surface area contributed by atoms with Gasteiger partial charge in [0.15, 0.2) is 0 Å². The first-order valence-corrected chi connectivity index (χ1v) is 4.75. The third-order valence-corrected chi connectivity index (χ3v) is 2.78. The van der Waals surface area contributed by atoms with Crippen LogP contribution in [0.2, 0.25) is 0 Å². The van der Waals surface area contributed by atoms with Crippen LogP contribution in [0, 0.1) is 0 Å². The predicted molar refractivity (Wildman–Crippen MR) is 44.6 cm³/mol. The minimum absolute atomic E-state index is 0.425. The lowest BCUT2D eigenvalue weighted by molar-refractivity contribution is -0.0691. The van der Waals surface area contributed by atoms with Gasteiger partial charge >= 0.3 is 0 Å². The van der Waals surface area contributed by atoms with Gasteiger partial charge < -0.3 is 10.1 Å². The molecule has 3 atom stereocenters. The van der Waals surface area contributed by atoms with Crippen LogP contribution in [0.4, 0.5) is 0 Å². The Balaban J connectivity index is 1.93. The molecule has 2 aliphatic rings. The largest absolute Gasteiger partial charge is 0.372 e. The van der Waals surface area contributed by atoms with Gasteiger partial charge in [-0.15, -0.1) is 0 Å². The number of hydrogen-bond donors (Lipinski definition) is 1. The monoisotopic (exact) mass is 155 g/mol. The fourth-order valence-corrected chi connectivity index (χ4v) is 2.16. The summed E-state index contributed by atoms with van der Waals surface area (Å²) in [7, 11) is 0. The van der Waals surface area contributed by atoms with E-state index in [1.807, 2.05) is 0 Å². The SMILES string of the molecule is C[C@H]1CN[C@H]2CCCC[C@@H]2O1. The van der Waals surface area contributed by atoms with E-state index in [0.29, 0.717) is 18.2 Å². The third kappa shape index (κ3) is 1.57. The molecule has 0 amide bonds. The van der Waals surface area contributed by atoms with Crippen LogP contribution in [0.5, 0.6) is 0 Å². The number of ether oxygens (including phenoxy) is 1. The van der Waals surface area contributed by atoms with E-state index in [0.717, 1.165) is 6.54 Å². The fraction of sp³-hybridized carbons (Fsp3) is 1.00. The van der Waals surface area contributed by atoms with Crippen molar-refractivity contribution in [3.63, 3.8) is 0 Å². The van der Waals surface area contributed by atoms with Gasteiger partial charge in [-0.3, -0.25) is 0 Å². The van der Waals surface area contributed by atoms with Gasteiger partial charge in [0, 0.05) is 12.6 Å². The minimum Gasteiger partial charge on any atom is -0.372 e. The summed E-state index contributed by atoms with van der Waals surface area (Å²) in [6.45, 7) is 3.19. The Bertz CT molecular complexity index is 138. The van der Waals surface area contributed by atoms with Crippen molar-refractivity contribution in [3.8, 4) is 0 Å². The van der Waals surface area contributed by atoms with E-state index >= 15 is 0 Å². The van der Waals surface area contributed by atoms with Crippen molar-refractivity contribution in [2.75, 3.05) is 6.54 Å². The molecule has 0 unspecified atom stereocenters. The van der Waals surface area contributed by atoms with Crippen LogP contribution in [0.3, 0.4) is 0 Å². The molecule has 2 rings (SSSR count). The van der Waals surface area contributed by atoms with Gasteiger partial charge in [0.2, 0.25) is 0 Å². The smallest absolute Gasteiger partial charge is 0.0732 e. The highest BCUT2D eigenvalue weighted by Crippen LogP contribution is 2.24. The van der Waals surface area contributed by atoms with Crippen LogP contribution < -0.4 is 5.32 Å². The Morgan fingerprint density at radius 2 is 2.09 bits per heavy atom. The van der Waals surface area contributed by atoms with Crippen LogP contribution in [-0.2, 0) is 4.74 Å². The summed E-state index contributed by atoms with van der Waals surface area (Å²) < 4.78 is 5.83. The van der Waals surface area contributed by atoms with E-state index in [4.69, 9.17) is 4.74 Å². The maximum atomic E-state index is 5.83. The summed E-state index contributed by atoms with van der Waals surface area (Å²) >= 11 is 0. The predicted octanol–water partition coefficient (Wildman–Crippen LogP) is 1.31. The van der Waals surface area contributed by atoms with Gasteiger partial charge in [-0.2, -0.15) is 0 Å². The van der Waals surface area contributed by atoms with Gasteiger partial charge in [-0.05, 0) is 19.8 Å². The van der Waals surface area contributed by atoms with Gasteiger partial charge in [0.25, 0.3) is 0 Å². The second-order valence-electron chi connectivity index (χ2n) is 3.78. The molecule has 1 aliphatic heterocycles. The molecule has 1 aliphatic carbocycles. The molecule has 2 fully saturated rings. The summed E-state index contributed by atoms with van der Waals surface area (Å²) in [5, 5.41) is 3.55. The van der Waals surface area contributed by atoms with Crippen molar-refractivity contribution in [1.82, 2.24) is 5.32 Å². The quantitative estimate of drug-likeness (QED) is 0.569. The van der Waals surface area contributed by atoms with E-state index in [1.165, 1.54) is 25.7 Å². The van der Waals surface area contributed by atoms with E-state index in [2.05, 4.69) is 12.2 Å². The van der Waals surface area contributed by atoms with Crippen LogP contribution in [0.15, 0.2) is 0 Å². The first-order valence-electron chi connectivity index (χ1n) is 4.75. The Morgan fingerprint density at radius 3 is 3.00 bits per heavy atom. The Hall–Kier alpha value is -0.0800. The molecule has 0 aromatic rings. The highest BCUT2D eigenvalue weighted by Gasteiger charge is 2.30. The Labute approximate surface area is 68.3 Å². The van der Waals surface area contributed by atoms with Crippen LogP contribution in [0.25, 0.3) is 0 Å². The van der Waals surface area contributed by atoms with E-state index in [1.54, 1.807) is 0 Å². The molecular weight excluding hydrogens is 138 g/mol. The number of morpholine rings is 1. The van der Waals surface area contributed by atoms with Crippen molar-refractivity contribution in [1.29, 1.82) is 0 Å². The molecule has 2 nitrogen and oxygen atoms in total. The molecule has 0 radical (unpaired) electrons. The molecular formula is C9H17NO. The molecule has 0 spiro atoms. The first-order chi connectivity index (χ1) is 5.36. The Kier molecular flexibility index (Phi) is 2.14. The topological polar surface area (TPSA) is 21.3 Å². The zero-order chi connectivity index (χ0) is 7.68. The zero-order valence-corrected chi connectivity index (χ0v) is 7.18. The average Bonchev–Trinajstić information content (AvgIpc) is 2.04. The highest BCUT2D eigenvalue weighted by molar-refractivity contribution is 4.86. The van der Waals surface area contributed by atoms with Gasteiger partial charge in [-0.25, -0.2) is 0 Å². The van der Waals surface area contributed by atoms with E-state index < -0.39 is 0 Å². The van der Waals surface area contributed by atoms with Gasteiger partial charge in [0.1, 0.15) is 0 Å². The van der Waals surface area contributed by atoms with Gasteiger partial charge in [0.05, 0.1) is 12.2 Å². The number of nitrogens with one attached hydrogen (secondary N) is 1. The second-order valence-corrected chi connectivity index (χ2v) is 3.78. The maximum Gasteiger partial charge on any atom is 0.0732 e. The minimum atomic E-state index is 0.425. The molecule has 1 N–H and O–H groups in total. The summed E-state index contributed by atoms with van der Waals surface area (Å²) in [6.07, 6.45) is 6.27. The second kappa shape index (κ2) is 3.11. The van der Waals surface area contributed by atoms with Crippen molar-refractivity contribution < 1.29 is 4.74 Å². The molecule has 1 saturated heterocycles. The first kappa shape index (κ1) is 7.56. The molecule has 1 saturated carbocycles.